The first-order valence-electron chi connectivity index (χ1n) is 7.33. The van der Waals surface area contributed by atoms with Gasteiger partial charge in [0.1, 0.15) is 10.7 Å². The Hall–Kier alpha value is -1.55. The van der Waals surface area contributed by atoms with Crippen LogP contribution in [-0.2, 0) is 16.6 Å². The van der Waals surface area contributed by atoms with Crippen molar-refractivity contribution in [2.75, 3.05) is 26.2 Å². The van der Waals surface area contributed by atoms with E-state index in [0.29, 0.717) is 31.3 Å². The monoisotopic (exact) mass is 374 g/mol. The van der Waals surface area contributed by atoms with Gasteiger partial charge in [-0.3, -0.25) is 4.90 Å². The van der Waals surface area contributed by atoms with Crippen LogP contribution in [0.15, 0.2) is 27.6 Å². The van der Waals surface area contributed by atoms with Gasteiger partial charge in [-0.1, -0.05) is 16.8 Å². The molecule has 24 heavy (non-hydrogen) atoms. The molecule has 0 amide bonds. The van der Waals surface area contributed by atoms with E-state index in [4.69, 9.17) is 16.1 Å². The van der Waals surface area contributed by atoms with E-state index in [1.165, 1.54) is 16.4 Å². The molecule has 0 aliphatic carbocycles. The van der Waals surface area contributed by atoms with E-state index < -0.39 is 15.8 Å². The molecule has 2 aromatic rings. The molecule has 1 aromatic heterocycles. The Morgan fingerprint density at radius 1 is 1.29 bits per heavy atom. The number of piperazine rings is 1. The number of hydrogen-bond donors (Lipinski definition) is 0. The molecule has 0 N–H and O–H groups in total. The Morgan fingerprint density at radius 3 is 2.58 bits per heavy atom. The van der Waals surface area contributed by atoms with Crippen molar-refractivity contribution in [2.45, 2.75) is 18.4 Å². The van der Waals surface area contributed by atoms with Crippen LogP contribution in [0.2, 0.25) is 5.02 Å². The summed E-state index contributed by atoms with van der Waals surface area (Å²) in [5, 5.41) is 3.98. The molecule has 10 heteroatoms. The number of sulfonamides is 1. The highest BCUT2D eigenvalue weighted by atomic mass is 35.5. The lowest BCUT2D eigenvalue weighted by Gasteiger charge is -2.33. The highest BCUT2D eigenvalue weighted by Crippen LogP contribution is 2.23. The second-order valence-corrected chi connectivity index (χ2v) is 7.83. The standard InChI is InChI=1S/C14H16ClFN4O3S/c1-10-17-14(18-23-10)9-19-4-6-20(7-5-19)24(21,22)13-3-2-11(15)8-12(13)16/h2-3,8H,4-7,9H2,1H3. The average Bonchev–Trinajstić information content (AvgIpc) is 2.92. The summed E-state index contributed by atoms with van der Waals surface area (Å²) < 4.78 is 45.3. The van der Waals surface area contributed by atoms with Crippen molar-refractivity contribution >= 4 is 21.6 Å². The molecule has 3 rings (SSSR count). The maximum atomic E-state index is 13.9. The van der Waals surface area contributed by atoms with Gasteiger partial charge in [0.25, 0.3) is 0 Å². The molecule has 0 spiro atoms. The van der Waals surface area contributed by atoms with Gasteiger partial charge in [0, 0.05) is 38.1 Å². The van der Waals surface area contributed by atoms with Gasteiger partial charge < -0.3 is 4.52 Å². The third kappa shape index (κ3) is 3.59. The SMILES string of the molecule is Cc1nc(CN2CCN(S(=O)(=O)c3ccc(Cl)cc3F)CC2)no1. The maximum Gasteiger partial charge on any atom is 0.246 e. The molecule has 0 radical (unpaired) electrons. The Balaban J connectivity index is 1.67. The quantitative estimate of drug-likeness (QED) is 0.810. The second kappa shape index (κ2) is 6.75. The molecule has 1 aliphatic rings. The fourth-order valence-electron chi connectivity index (χ4n) is 2.56. The van der Waals surface area contributed by atoms with Crippen LogP contribution in [0, 0.1) is 12.7 Å². The fraction of sp³-hybridized carbons (Fsp3) is 0.429. The van der Waals surface area contributed by atoms with Gasteiger partial charge in [-0.05, 0) is 18.2 Å². The molecule has 0 bridgehead atoms. The number of nitrogens with zero attached hydrogens (tertiary/aromatic N) is 4. The Morgan fingerprint density at radius 2 is 2.00 bits per heavy atom. The zero-order chi connectivity index (χ0) is 17.3. The average molecular weight is 375 g/mol. The van der Waals surface area contributed by atoms with E-state index >= 15 is 0 Å². The van der Waals surface area contributed by atoms with Crippen molar-refractivity contribution < 1.29 is 17.3 Å². The van der Waals surface area contributed by atoms with Gasteiger partial charge in [0.05, 0.1) is 6.54 Å². The van der Waals surface area contributed by atoms with Gasteiger partial charge in [-0.25, -0.2) is 12.8 Å². The minimum Gasteiger partial charge on any atom is -0.340 e. The molecular formula is C14H16ClFN4O3S. The minimum atomic E-state index is -3.88. The summed E-state index contributed by atoms with van der Waals surface area (Å²) in [4.78, 5) is 5.80. The third-order valence-corrected chi connectivity index (χ3v) is 5.94. The second-order valence-electron chi connectivity index (χ2n) is 5.48. The van der Waals surface area contributed by atoms with Crippen LogP contribution in [0.5, 0.6) is 0 Å². The Labute approximate surface area is 144 Å². The molecule has 130 valence electrons. The predicted molar refractivity (Wildman–Crippen MR) is 84.5 cm³/mol. The van der Waals surface area contributed by atoms with E-state index in [9.17, 15) is 12.8 Å². The summed E-state index contributed by atoms with van der Waals surface area (Å²) in [6.45, 7) is 3.73. The Kier molecular flexibility index (Phi) is 4.86. The molecule has 0 unspecified atom stereocenters. The van der Waals surface area contributed by atoms with Crippen LogP contribution >= 0.6 is 11.6 Å². The van der Waals surface area contributed by atoms with Crippen molar-refractivity contribution in [1.82, 2.24) is 19.3 Å². The van der Waals surface area contributed by atoms with Crippen LogP contribution in [0.25, 0.3) is 0 Å². The first kappa shape index (κ1) is 17.3. The van der Waals surface area contributed by atoms with Crippen molar-refractivity contribution in [1.29, 1.82) is 0 Å². The van der Waals surface area contributed by atoms with E-state index in [1.807, 2.05) is 4.90 Å². The van der Waals surface area contributed by atoms with Crippen LogP contribution in [0.4, 0.5) is 4.39 Å². The van der Waals surface area contributed by atoms with Crippen molar-refractivity contribution in [3.63, 3.8) is 0 Å². The first-order chi connectivity index (χ1) is 11.4. The number of aromatic nitrogens is 2. The molecule has 0 saturated carbocycles. The van der Waals surface area contributed by atoms with Crippen molar-refractivity contribution in [3.05, 3.63) is 40.8 Å². The number of rotatable bonds is 4. The lowest BCUT2D eigenvalue weighted by atomic mass is 10.3. The third-order valence-electron chi connectivity index (χ3n) is 3.78. The van der Waals surface area contributed by atoms with Gasteiger partial charge in [0.2, 0.25) is 15.9 Å². The summed E-state index contributed by atoms with van der Waals surface area (Å²) in [6.07, 6.45) is 0. The normalized spacial score (nSPS) is 17.3. The van der Waals surface area contributed by atoms with E-state index in [-0.39, 0.29) is 23.0 Å². The molecule has 1 fully saturated rings. The number of halogens is 2. The summed E-state index contributed by atoms with van der Waals surface area (Å²) in [6, 6.07) is 3.57. The van der Waals surface area contributed by atoms with E-state index in [2.05, 4.69) is 10.1 Å². The lowest BCUT2D eigenvalue weighted by molar-refractivity contribution is 0.176. The molecule has 1 aromatic carbocycles. The van der Waals surface area contributed by atoms with Gasteiger partial charge in [-0.2, -0.15) is 9.29 Å². The molecule has 0 atom stereocenters. The van der Waals surface area contributed by atoms with Gasteiger partial charge >= 0.3 is 0 Å². The molecule has 7 nitrogen and oxygen atoms in total. The first-order valence-corrected chi connectivity index (χ1v) is 9.15. The summed E-state index contributed by atoms with van der Waals surface area (Å²) >= 11 is 5.68. The Bertz CT molecular complexity index is 834. The van der Waals surface area contributed by atoms with Gasteiger partial charge in [-0.15, -0.1) is 0 Å². The predicted octanol–water partition coefficient (Wildman–Crippen LogP) is 1.68. The van der Waals surface area contributed by atoms with Crippen LogP contribution in [0.3, 0.4) is 0 Å². The summed E-state index contributed by atoms with van der Waals surface area (Å²) in [5.74, 6) is 0.212. The van der Waals surface area contributed by atoms with E-state index in [1.54, 1.807) is 6.92 Å². The fourth-order valence-corrected chi connectivity index (χ4v) is 4.18. The molecule has 1 saturated heterocycles. The topological polar surface area (TPSA) is 79.5 Å². The number of aryl methyl sites for hydroxylation is 1. The summed E-state index contributed by atoms with van der Waals surface area (Å²) in [7, 11) is -3.88. The highest BCUT2D eigenvalue weighted by molar-refractivity contribution is 7.89. The largest absolute Gasteiger partial charge is 0.340 e. The molecular weight excluding hydrogens is 359 g/mol. The zero-order valence-electron chi connectivity index (χ0n) is 12.9. The number of benzene rings is 1. The van der Waals surface area contributed by atoms with Gasteiger partial charge in [0.15, 0.2) is 5.82 Å². The molecule has 2 heterocycles. The minimum absolute atomic E-state index is 0.159. The van der Waals surface area contributed by atoms with Crippen LogP contribution in [0.1, 0.15) is 11.7 Å². The van der Waals surface area contributed by atoms with E-state index in [0.717, 1.165) is 6.07 Å². The smallest absolute Gasteiger partial charge is 0.246 e. The summed E-state index contributed by atoms with van der Waals surface area (Å²) in [5.41, 5.74) is 0. The van der Waals surface area contributed by atoms with Crippen LogP contribution < -0.4 is 0 Å². The maximum absolute atomic E-state index is 13.9. The zero-order valence-corrected chi connectivity index (χ0v) is 14.5. The molecule has 1 aliphatic heterocycles. The van der Waals surface area contributed by atoms with Crippen molar-refractivity contribution in [3.8, 4) is 0 Å². The number of hydrogen-bond acceptors (Lipinski definition) is 6. The highest BCUT2D eigenvalue weighted by Gasteiger charge is 2.31. The van der Waals surface area contributed by atoms with Crippen molar-refractivity contribution in [2.24, 2.45) is 0 Å². The van der Waals surface area contributed by atoms with Crippen LogP contribution in [-0.4, -0.2) is 53.9 Å². The lowest BCUT2D eigenvalue weighted by Crippen LogP contribution is -2.48.